The van der Waals surface area contributed by atoms with Gasteiger partial charge >= 0.3 is 5.97 Å². The minimum Gasteiger partial charge on any atom is -0.481 e. The van der Waals surface area contributed by atoms with Gasteiger partial charge in [-0.05, 0) is 44.4 Å². The molecule has 1 aliphatic heterocycles. The van der Waals surface area contributed by atoms with Crippen molar-refractivity contribution in [3.05, 3.63) is 48.6 Å². The van der Waals surface area contributed by atoms with Gasteiger partial charge in [0.25, 0.3) is 0 Å². The summed E-state index contributed by atoms with van der Waals surface area (Å²) >= 11 is 0. The number of nitrogen functional groups attached to an aromatic ring is 1. The number of hydrogen-bond donors (Lipinski definition) is 2. The lowest BCUT2D eigenvalue weighted by Gasteiger charge is -2.31. The fourth-order valence-electron chi connectivity index (χ4n) is 3.45. The number of allylic oxidation sites excluding steroid dienone is 1. The minimum atomic E-state index is -0.731. The number of carboxylic acids is 1. The number of aromatic nitrogens is 3. The number of rotatable bonds is 6. The second-order valence-corrected chi connectivity index (χ2v) is 6.90. The monoisotopic (exact) mass is 395 g/mol. The van der Waals surface area contributed by atoms with Crippen LogP contribution in [0.5, 0.6) is 0 Å². The van der Waals surface area contributed by atoms with Crippen molar-refractivity contribution in [1.29, 1.82) is 0 Å². The first-order valence-corrected chi connectivity index (χ1v) is 9.46. The number of nitrogens with two attached hydrogens (primary N) is 1. The number of aliphatic carboxylic acids is 1. The van der Waals surface area contributed by atoms with E-state index in [2.05, 4.69) is 26.4 Å². The van der Waals surface area contributed by atoms with Crippen LogP contribution in [0.15, 0.2) is 37.2 Å². The van der Waals surface area contributed by atoms with Crippen LogP contribution in [0.3, 0.4) is 0 Å². The number of piperidine rings is 1. The predicted octanol–water partition coefficient (Wildman–Crippen LogP) is 3.25. The Kier molecular flexibility index (Phi) is 6.11. The lowest BCUT2D eigenvalue weighted by molar-refractivity contribution is -0.142. The quantitative estimate of drug-likeness (QED) is 0.716. The van der Waals surface area contributed by atoms with E-state index in [4.69, 9.17) is 10.5 Å². The molecule has 2 aromatic heterocycles. The molecule has 0 atom stereocenters. The van der Waals surface area contributed by atoms with E-state index in [0.717, 1.165) is 16.9 Å². The molecule has 1 aliphatic rings. The second-order valence-electron chi connectivity index (χ2n) is 6.90. The number of ether oxygens (including phenoxy) is 1. The van der Waals surface area contributed by atoms with Gasteiger partial charge in [0.2, 0.25) is 5.95 Å². The molecular weight excluding hydrogens is 370 g/mol. The fraction of sp³-hybridized carbons (Fsp3) is 0.333. The van der Waals surface area contributed by atoms with Gasteiger partial charge in [0, 0.05) is 24.8 Å². The van der Waals surface area contributed by atoms with Crippen molar-refractivity contribution in [3.8, 4) is 11.1 Å². The van der Waals surface area contributed by atoms with Gasteiger partial charge in [-0.2, -0.15) is 0 Å². The summed E-state index contributed by atoms with van der Waals surface area (Å²) in [5.41, 5.74) is 8.73. The zero-order chi connectivity index (χ0) is 21.0. The molecule has 1 saturated heterocycles. The molecule has 2 aromatic rings. The summed E-state index contributed by atoms with van der Waals surface area (Å²) in [4.78, 5) is 26.4. The van der Waals surface area contributed by atoms with Crippen molar-refractivity contribution in [1.82, 2.24) is 15.0 Å². The highest BCUT2D eigenvalue weighted by Crippen LogP contribution is 2.33. The van der Waals surface area contributed by atoms with Crippen LogP contribution in [0.4, 0.5) is 11.8 Å². The summed E-state index contributed by atoms with van der Waals surface area (Å²) in [6.07, 6.45) is 6.22. The van der Waals surface area contributed by atoms with Gasteiger partial charge in [0.1, 0.15) is 17.3 Å². The lowest BCUT2D eigenvalue weighted by Crippen LogP contribution is -2.36. The number of hydrogen-bond acceptors (Lipinski definition) is 7. The Hall–Kier alpha value is -3.42. The highest BCUT2D eigenvalue weighted by Gasteiger charge is 2.25. The Balaban J connectivity index is 1.95. The molecule has 0 unspecified atom stereocenters. The smallest absolute Gasteiger partial charge is 0.306 e. The molecule has 0 amide bonds. The number of carboxylic acid groups (broad SMARTS) is 1. The number of anilines is 2. The first-order valence-electron chi connectivity index (χ1n) is 9.46. The first-order chi connectivity index (χ1) is 13.9. The molecule has 152 valence electrons. The Morgan fingerprint density at radius 1 is 1.38 bits per heavy atom. The van der Waals surface area contributed by atoms with Crippen LogP contribution in [0, 0.1) is 12.8 Å². The third-order valence-corrected chi connectivity index (χ3v) is 4.92. The van der Waals surface area contributed by atoms with Crippen LogP contribution < -0.4 is 10.6 Å². The molecule has 3 heterocycles. The summed E-state index contributed by atoms with van der Waals surface area (Å²) in [6, 6.07) is 3.83. The van der Waals surface area contributed by atoms with Crippen molar-refractivity contribution >= 4 is 23.5 Å². The molecule has 29 heavy (non-hydrogen) atoms. The summed E-state index contributed by atoms with van der Waals surface area (Å²) in [5, 5.41) is 9.20. The maximum atomic E-state index is 11.2. The molecule has 0 spiro atoms. The van der Waals surface area contributed by atoms with Crippen LogP contribution in [0.25, 0.3) is 16.9 Å². The summed E-state index contributed by atoms with van der Waals surface area (Å²) in [7, 11) is 0. The van der Waals surface area contributed by atoms with Gasteiger partial charge in [-0.15, -0.1) is 0 Å². The Bertz CT molecular complexity index is 949. The molecule has 3 rings (SSSR count). The maximum Gasteiger partial charge on any atom is 0.306 e. The molecule has 0 bridgehead atoms. The van der Waals surface area contributed by atoms with Gasteiger partial charge in [-0.3, -0.25) is 4.79 Å². The van der Waals surface area contributed by atoms with E-state index in [0.29, 0.717) is 43.1 Å². The van der Waals surface area contributed by atoms with Crippen LogP contribution in [0.2, 0.25) is 0 Å². The molecule has 0 aliphatic carbocycles. The van der Waals surface area contributed by atoms with Crippen LogP contribution in [0.1, 0.15) is 31.2 Å². The van der Waals surface area contributed by atoms with E-state index in [1.54, 1.807) is 12.3 Å². The normalized spacial score (nSPS) is 14.9. The zero-order valence-corrected chi connectivity index (χ0v) is 16.6. The van der Waals surface area contributed by atoms with Crippen molar-refractivity contribution < 1.29 is 14.6 Å². The molecular formula is C21H25N5O3. The fourth-order valence-corrected chi connectivity index (χ4v) is 3.45. The highest BCUT2D eigenvalue weighted by molar-refractivity contribution is 5.79. The Labute approximate surface area is 169 Å². The number of nitrogens with zero attached hydrogens (tertiary/aromatic N) is 4. The summed E-state index contributed by atoms with van der Waals surface area (Å²) in [6.45, 7) is 8.96. The molecule has 8 nitrogen and oxygen atoms in total. The highest BCUT2D eigenvalue weighted by atomic mass is 16.5. The van der Waals surface area contributed by atoms with Gasteiger partial charge in [0.15, 0.2) is 0 Å². The maximum absolute atomic E-state index is 11.2. The van der Waals surface area contributed by atoms with Crippen LogP contribution >= 0.6 is 0 Å². The van der Waals surface area contributed by atoms with Crippen molar-refractivity contribution in [2.75, 3.05) is 23.7 Å². The molecule has 0 saturated carbocycles. The van der Waals surface area contributed by atoms with Gasteiger partial charge in [-0.1, -0.05) is 12.7 Å². The molecule has 0 radical (unpaired) electrons. The van der Waals surface area contributed by atoms with E-state index in [9.17, 15) is 9.90 Å². The Morgan fingerprint density at radius 2 is 2.10 bits per heavy atom. The van der Waals surface area contributed by atoms with E-state index in [-0.39, 0.29) is 11.9 Å². The molecule has 1 fully saturated rings. The largest absolute Gasteiger partial charge is 0.481 e. The minimum absolute atomic E-state index is 0.150. The van der Waals surface area contributed by atoms with Gasteiger partial charge in [-0.25, -0.2) is 15.0 Å². The van der Waals surface area contributed by atoms with Crippen LogP contribution in [-0.2, 0) is 9.53 Å². The van der Waals surface area contributed by atoms with E-state index >= 15 is 0 Å². The average molecular weight is 395 g/mol. The number of aryl methyl sites for hydroxylation is 1. The summed E-state index contributed by atoms with van der Waals surface area (Å²) < 4.78 is 5.53. The van der Waals surface area contributed by atoms with Crippen molar-refractivity contribution in [2.24, 2.45) is 5.92 Å². The standard InChI is InChI=1S/C21H25N5O3/c1-4-11-29-14(3)19-18(13(2)24-21(22)25-19)16-5-8-23-17(12-16)26-9-6-15(7-10-26)20(27)28/h4-5,8,11-12,15H,3,6-7,9-10H2,1-2H3,(H,27,28)(H2,22,24,25)/b11-4-. The average Bonchev–Trinajstić information content (AvgIpc) is 2.71. The van der Waals surface area contributed by atoms with Crippen molar-refractivity contribution in [3.63, 3.8) is 0 Å². The van der Waals surface area contributed by atoms with Crippen molar-refractivity contribution in [2.45, 2.75) is 26.7 Å². The molecule has 0 aromatic carbocycles. The SMILES string of the molecule is C=C(O/C=C\C)c1nc(N)nc(C)c1-c1ccnc(N2CCC(C(=O)O)CC2)c1. The predicted molar refractivity (Wildman–Crippen MR) is 112 cm³/mol. The van der Waals surface area contributed by atoms with Gasteiger partial charge < -0.3 is 20.5 Å². The first kappa shape index (κ1) is 20.3. The third kappa shape index (κ3) is 4.53. The Morgan fingerprint density at radius 3 is 2.76 bits per heavy atom. The third-order valence-electron chi connectivity index (χ3n) is 4.92. The molecule has 8 heteroatoms. The summed E-state index contributed by atoms with van der Waals surface area (Å²) in [5.74, 6) is 0.284. The molecule has 3 N–H and O–H groups in total. The second kappa shape index (κ2) is 8.72. The van der Waals surface area contributed by atoms with E-state index in [1.807, 2.05) is 26.0 Å². The van der Waals surface area contributed by atoms with E-state index < -0.39 is 5.97 Å². The zero-order valence-electron chi connectivity index (χ0n) is 16.6. The topological polar surface area (TPSA) is 114 Å². The number of pyridine rings is 1. The van der Waals surface area contributed by atoms with E-state index in [1.165, 1.54) is 6.26 Å². The van der Waals surface area contributed by atoms with Gasteiger partial charge in [0.05, 0.1) is 17.9 Å². The number of carbonyl (C=O) groups is 1. The lowest BCUT2D eigenvalue weighted by atomic mass is 9.97. The van der Waals surface area contributed by atoms with Crippen LogP contribution in [-0.4, -0.2) is 39.1 Å².